The van der Waals surface area contributed by atoms with Crippen molar-refractivity contribution in [3.63, 3.8) is 0 Å². The number of hydrogen-bond donors (Lipinski definition) is 4. The molecule has 0 unspecified atom stereocenters. The number of ether oxygens (including phenoxy) is 2. The molecular weight excluding hydrogens is 1750 g/mol. The summed E-state index contributed by atoms with van der Waals surface area (Å²) in [5.41, 5.74) is 7.23. The van der Waals surface area contributed by atoms with E-state index in [0.717, 1.165) is 38.3 Å². The van der Waals surface area contributed by atoms with Crippen molar-refractivity contribution in [2.45, 2.75) is 32.4 Å². The number of imidazole rings is 2. The van der Waals surface area contributed by atoms with E-state index in [1.165, 1.54) is 41.6 Å². The molecule has 16 aromatic rings. The van der Waals surface area contributed by atoms with Gasteiger partial charge in [-0.1, -0.05) is 290 Å². The van der Waals surface area contributed by atoms with Gasteiger partial charge in [-0.2, -0.15) is 0 Å². The van der Waals surface area contributed by atoms with Crippen molar-refractivity contribution >= 4 is 129 Å². The summed E-state index contributed by atoms with van der Waals surface area (Å²) in [6.07, 6.45) is 13.5. The maximum atomic E-state index is 13.3. The Hall–Kier alpha value is -13.0. The SMILES string of the molecule is C.C#Cc1cnc2ccccn12.CN1C(=O)[C@@H](NC(=O)c2n[nH]c(Cc3ccccc3)n2)COc2ccc(Br)cc21.CN1C(=O)[C@@H](NC(=O)c2n[nH]c(Cc3ccccc3)n2)COc2ccc(C#Cc3cnc4ccccn34)cc21.[Cl][Pd][Cl].c1ccc(P(c2ccccc2)c2ccccc2)cc1.c1ccc(P(c2ccccc2)c2ccccc2)cc1. The van der Waals surface area contributed by atoms with E-state index < -0.39 is 39.7 Å². The summed E-state index contributed by atoms with van der Waals surface area (Å²) in [5, 5.41) is 27.3. The summed E-state index contributed by atoms with van der Waals surface area (Å²) >= 11 is 3.29. The number of amides is 4. The van der Waals surface area contributed by atoms with Gasteiger partial charge in [-0.15, -0.1) is 16.6 Å². The van der Waals surface area contributed by atoms with Gasteiger partial charge < -0.3 is 29.9 Å². The molecule has 0 radical (unpaired) electrons. The van der Waals surface area contributed by atoms with Gasteiger partial charge in [0.25, 0.3) is 23.6 Å². The molecule has 6 aromatic heterocycles. The number of nitrogens with zero attached hydrogens (tertiary/aromatic N) is 10. The fraction of sp³-hybridized carbons (Fsp3) is 0.0947. The number of halogens is 3. The van der Waals surface area contributed by atoms with Gasteiger partial charge in [-0.3, -0.25) is 38.2 Å². The predicted molar refractivity (Wildman–Crippen MR) is 485 cm³/mol. The summed E-state index contributed by atoms with van der Waals surface area (Å²) in [4.78, 5) is 71.4. The molecule has 0 saturated carbocycles. The Bertz CT molecular complexity index is 5870. The number of aromatic nitrogens is 10. The minimum Gasteiger partial charge on any atom is -0.0622 e. The van der Waals surface area contributed by atoms with Crippen LogP contribution >= 0.6 is 50.8 Å². The van der Waals surface area contributed by atoms with Gasteiger partial charge in [-0.25, -0.2) is 19.9 Å². The maximum Gasteiger partial charge on any atom is -0.0134 e. The maximum absolute atomic E-state index is 13.3. The minimum atomic E-state index is -0.918. The number of anilines is 2. The van der Waals surface area contributed by atoms with E-state index >= 15 is 0 Å². The number of carbonyl (C=O) groups is 4. The predicted octanol–water partition coefficient (Wildman–Crippen LogP) is 15.1. The number of pyridine rings is 2. The van der Waals surface area contributed by atoms with Crippen molar-refractivity contribution in [1.82, 2.24) is 59.8 Å². The smallest absolute Gasteiger partial charge is 0.0134 e. The average Bonchev–Trinajstić information content (AvgIpc) is 1.64. The van der Waals surface area contributed by atoms with Gasteiger partial charge in [0.15, 0.2) is 0 Å². The van der Waals surface area contributed by atoms with Gasteiger partial charge in [0, 0.05) is 49.4 Å². The number of terminal acetylenes is 1. The molecule has 0 saturated heterocycles. The second kappa shape index (κ2) is 44.2. The Kier molecular flexibility index (Phi) is 31.9. The number of H-pyrrole nitrogens is 2. The Morgan fingerprint density at radius 1 is 0.479 bits per heavy atom. The number of aromatic amines is 2. The monoisotopic (exact) mass is 1830 g/mol. The Morgan fingerprint density at radius 3 is 1.20 bits per heavy atom. The van der Waals surface area contributed by atoms with Crippen LogP contribution in [0.3, 0.4) is 0 Å². The molecule has 4 amide bonds. The molecule has 0 bridgehead atoms. The number of rotatable bonds is 14. The van der Waals surface area contributed by atoms with Gasteiger partial charge in [0.1, 0.15) is 71.1 Å². The molecule has 4 N–H and O–H groups in total. The molecule has 2 aliphatic heterocycles. The zero-order chi connectivity index (χ0) is 83.4. The molecule has 2 aliphatic rings. The van der Waals surface area contributed by atoms with Crippen LogP contribution in [0.1, 0.15) is 68.4 Å². The first-order chi connectivity index (χ1) is 58.8. The van der Waals surface area contributed by atoms with E-state index in [1.807, 2.05) is 130 Å². The van der Waals surface area contributed by atoms with Crippen molar-refractivity contribution in [2.75, 3.05) is 37.1 Å². The fourth-order valence-corrected chi connectivity index (χ4v) is 17.7. The molecule has 26 heteroatoms. The third-order valence-corrected chi connectivity index (χ3v) is 24.0. The molecule has 0 spiro atoms. The zero-order valence-corrected chi connectivity index (χ0v) is 71.1. The molecule has 20 nitrogen and oxygen atoms in total. The van der Waals surface area contributed by atoms with Crippen molar-refractivity contribution in [1.29, 1.82) is 0 Å². The summed E-state index contributed by atoms with van der Waals surface area (Å²) in [7, 11) is 12.0. The average molecular weight is 1830 g/mol. The standard InChI is InChI=1S/C29H23N7O3.C20H18BrN5O3.2C18H15P.C9H6N2.CH4.2ClH.Pd/c1-35-23-15-20(10-12-21-17-30-26-9-5-6-14-36(21)26)11-13-24(23)39-18-22(29(35)38)31-28(37)27-32-25(33-34-27)16-19-7-3-2-4-8-19;1-26-15-10-13(21)7-8-16(15)29-11-14(20(26)28)22-19(27)18-23-17(24-25-18)9-12-5-3-2-4-6-12;2*1-4-10-16(11-5-1)19(17-12-6-2-7-13-17)18-14-8-3-9-15-18;1-2-8-7-10-9-5-3-4-6-11(8)9;;;;/h2-9,11,13-15,17,22H,16,18H2,1H3,(H,31,37)(H,32,33,34);2-8,10,14H,9,11H2,1H3,(H,22,27)(H,23,24,25);2*1-15H;1,3-7H;1H4;2*1H;/q;;;;;;;;+2/p-2/t22-;14-;;;;;;;/m00......./s1. The van der Waals surface area contributed by atoms with E-state index in [2.05, 4.69) is 267 Å². The van der Waals surface area contributed by atoms with Crippen LogP contribution in [-0.4, -0.2) is 112 Å². The van der Waals surface area contributed by atoms with Crippen molar-refractivity contribution in [3.05, 3.63) is 396 Å². The molecule has 0 fully saturated rings. The molecule has 608 valence electrons. The van der Waals surface area contributed by atoms with Crippen LogP contribution in [0.5, 0.6) is 11.5 Å². The fourth-order valence-electron chi connectivity index (χ4n) is 12.8. The quantitative estimate of drug-likeness (QED) is 0.0452. The minimum absolute atomic E-state index is 0. The Balaban J connectivity index is 0.000000144. The number of likely N-dealkylation sites (N-methyl/N-ethyl adjacent to an activating group) is 2. The Labute approximate surface area is 729 Å². The summed E-state index contributed by atoms with van der Waals surface area (Å²) in [6.45, 7) is -0.0130. The normalized spacial score (nSPS) is 12.9. The van der Waals surface area contributed by atoms with Gasteiger partial charge in [0.2, 0.25) is 11.6 Å². The molecular formula is C95H81BrCl2N14O6P2Pd. The van der Waals surface area contributed by atoms with E-state index in [1.54, 1.807) is 50.8 Å². The van der Waals surface area contributed by atoms with Crippen LogP contribution in [0.15, 0.2) is 345 Å². The molecule has 2 atom stereocenters. The van der Waals surface area contributed by atoms with Crippen molar-refractivity contribution in [3.8, 4) is 35.7 Å². The third-order valence-electron chi connectivity index (χ3n) is 18.6. The van der Waals surface area contributed by atoms with Crippen LogP contribution in [-0.2, 0) is 38.4 Å². The van der Waals surface area contributed by atoms with E-state index in [0.29, 0.717) is 52.9 Å². The summed E-state index contributed by atoms with van der Waals surface area (Å²) < 4.78 is 16.2. The first kappa shape index (κ1) is 87.4. The van der Waals surface area contributed by atoms with E-state index in [9.17, 15) is 19.2 Å². The topological polar surface area (TPSA) is 235 Å². The van der Waals surface area contributed by atoms with Crippen LogP contribution in [0.4, 0.5) is 11.4 Å². The summed E-state index contributed by atoms with van der Waals surface area (Å²) in [6, 6.07) is 105. The molecule has 121 heavy (non-hydrogen) atoms. The zero-order valence-electron chi connectivity index (χ0n) is 64.7. The molecule has 10 aromatic carbocycles. The van der Waals surface area contributed by atoms with Crippen molar-refractivity contribution < 1.29 is 44.6 Å². The van der Waals surface area contributed by atoms with Crippen LogP contribution < -0.4 is 61.7 Å². The third kappa shape index (κ3) is 23.5. The second-order valence-electron chi connectivity index (χ2n) is 26.6. The van der Waals surface area contributed by atoms with Crippen LogP contribution in [0.2, 0.25) is 0 Å². The molecule has 18 rings (SSSR count). The number of hydrogen-bond acceptors (Lipinski definition) is 12. The first-order valence-corrected chi connectivity index (χ1v) is 45.1. The number of benzene rings is 10. The van der Waals surface area contributed by atoms with E-state index in [-0.39, 0.29) is 60.0 Å². The van der Waals surface area contributed by atoms with Crippen molar-refractivity contribution in [2.24, 2.45) is 0 Å². The number of fused-ring (bicyclic) bond motifs is 4. The largest absolute Gasteiger partial charge is 0.0622 e. The molecule has 0 aliphatic carbocycles. The van der Waals surface area contributed by atoms with Gasteiger partial charge in [0.05, 0.1) is 23.8 Å². The number of nitrogens with one attached hydrogen (secondary N) is 4. The van der Waals surface area contributed by atoms with Gasteiger partial charge >= 0.3 is 35.0 Å². The Morgan fingerprint density at radius 2 is 0.818 bits per heavy atom. The first-order valence-electron chi connectivity index (χ1n) is 37.6. The van der Waals surface area contributed by atoms with Crippen LogP contribution in [0.25, 0.3) is 11.3 Å². The molecule has 8 heterocycles. The number of carbonyl (C=O) groups excluding carboxylic acids is 4. The second-order valence-corrected chi connectivity index (χ2v) is 34.3. The van der Waals surface area contributed by atoms with Gasteiger partial charge in [-0.05, 0) is 125 Å². The van der Waals surface area contributed by atoms with E-state index in [4.69, 9.17) is 35.0 Å². The summed E-state index contributed by atoms with van der Waals surface area (Å²) in [5.74, 6) is 9.27. The van der Waals surface area contributed by atoms with Crippen LogP contribution in [0, 0.1) is 24.2 Å².